The van der Waals surface area contributed by atoms with E-state index in [1.807, 2.05) is 13.0 Å². The van der Waals surface area contributed by atoms with E-state index in [1.165, 1.54) is 11.8 Å². The van der Waals surface area contributed by atoms with Crippen molar-refractivity contribution in [2.75, 3.05) is 10.6 Å². The number of carbonyl (C=O) groups is 3. The molecule has 0 aliphatic heterocycles. The maximum Gasteiger partial charge on any atom is 0.272 e. The van der Waals surface area contributed by atoms with Gasteiger partial charge in [0.2, 0.25) is 5.91 Å². The number of carbonyl (C=O) groups excluding carboxylic acids is 3. The molecule has 1 aromatic heterocycles. The standard InChI is InChI=1S/C31H26Cl2N4O3S/c1-2-27(31(40)36-25-15-7-14-24(32)28(25)33)41-23-13-6-12-22(18-23)35-30(39)26(17-20-9-8-16-34-19-20)37-29(38)21-10-4-3-5-11-21/h3-19,27H,2H2,1H3,(H,35,39)(H,36,40)(H,37,38)/b26-17-. The van der Waals surface area contributed by atoms with Crippen LogP contribution in [0.2, 0.25) is 10.0 Å². The van der Waals surface area contributed by atoms with E-state index in [1.54, 1.807) is 97.3 Å². The number of nitrogens with one attached hydrogen (secondary N) is 3. The number of hydrogen-bond acceptors (Lipinski definition) is 5. The van der Waals surface area contributed by atoms with Gasteiger partial charge in [-0.05, 0) is 66.6 Å². The van der Waals surface area contributed by atoms with Crippen LogP contribution in [0, 0.1) is 0 Å². The maximum atomic E-state index is 13.3. The molecular weight excluding hydrogens is 579 g/mol. The van der Waals surface area contributed by atoms with Gasteiger partial charge in [-0.1, -0.05) is 66.5 Å². The van der Waals surface area contributed by atoms with Gasteiger partial charge in [0.25, 0.3) is 11.8 Å². The van der Waals surface area contributed by atoms with Crippen molar-refractivity contribution in [1.82, 2.24) is 10.3 Å². The van der Waals surface area contributed by atoms with E-state index >= 15 is 0 Å². The van der Waals surface area contributed by atoms with Crippen molar-refractivity contribution in [2.45, 2.75) is 23.5 Å². The average molecular weight is 606 g/mol. The molecular formula is C31H26Cl2N4O3S. The number of halogens is 2. The van der Waals surface area contributed by atoms with Gasteiger partial charge in [0.05, 0.1) is 21.0 Å². The highest BCUT2D eigenvalue weighted by Crippen LogP contribution is 2.32. The van der Waals surface area contributed by atoms with Crippen LogP contribution in [0.25, 0.3) is 6.08 Å². The van der Waals surface area contributed by atoms with Crippen LogP contribution in [0.15, 0.2) is 108 Å². The number of anilines is 2. The van der Waals surface area contributed by atoms with Gasteiger partial charge in [0, 0.05) is 28.5 Å². The Balaban J connectivity index is 1.49. The number of rotatable bonds is 10. The molecule has 41 heavy (non-hydrogen) atoms. The van der Waals surface area contributed by atoms with Crippen LogP contribution in [-0.2, 0) is 9.59 Å². The molecule has 10 heteroatoms. The molecule has 7 nitrogen and oxygen atoms in total. The summed E-state index contributed by atoms with van der Waals surface area (Å²) in [6, 6.07) is 24.3. The molecule has 0 saturated heterocycles. The van der Waals surface area contributed by atoms with E-state index in [0.29, 0.717) is 33.9 Å². The molecule has 0 radical (unpaired) electrons. The van der Waals surface area contributed by atoms with E-state index in [2.05, 4.69) is 20.9 Å². The Kier molecular flexibility index (Phi) is 10.6. The molecule has 3 N–H and O–H groups in total. The van der Waals surface area contributed by atoms with E-state index in [9.17, 15) is 14.4 Å². The lowest BCUT2D eigenvalue weighted by Crippen LogP contribution is -2.30. The minimum atomic E-state index is -0.513. The molecule has 208 valence electrons. The molecule has 0 saturated carbocycles. The molecule has 0 spiro atoms. The number of aromatic nitrogens is 1. The molecule has 3 aromatic carbocycles. The van der Waals surface area contributed by atoms with Gasteiger partial charge in [-0.2, -0.15) is 0 Å². The van der Waals surface area contributed by atoms with Crippen molar-refractivity contribution in [3.63, 3.8) is 0 Å². The molecule has 4 aromatic rings. The highest BCUT2D eigenvalue weighted by Gasteiger charge is 2.20. The summed E-state index contributed by atoms with van der Waals surface area (Å²) in [6.07, 6.45) is 5.32. The monoisotopic (exact) mass is 604 g/mol. The predicted octanol–water partition coefficient (Wildman–Crippen LogP) is 7.31. The second kappa shape index (κ2) is 14.5. The summed E-state index contributed by atoms with van der Waals surface area (Å²) in [4.78, 5) is 44.0. The van der Waals surface area contributed by atoms with Crippen LogP contribution in [0.4, 0.5) is 11.4 Å². The van der Waals surface area contributed by atoms with Crippen molar-refractivity contribution in [2.24, 2.45) is 0 Å². The Morgan fingerprint density at radius 1 is 0.927 bits per heavy atom. The van der Waals surface area contributed by atoms with Crippen molar-refractivity contribution in [1.29, 1.82) is 0 Å². The second-order valence-electron chi connectivity index (χ2n) is 8.75. The average Bonchev–Trinajstić information content (AvgIpc) is 2.99. The van der Waals surface area contributed by atoms with Crippen molar-refractivity contribution in [3.05, 3.63) is 124 Å². The highest BCUT2D eigenvalue weighted by molar-refractivity contribution is 8.00. The summed E-state index contributed by atoms with van der Waals surface area (Å²) in [5.74, 6) is -1.15. The molecule has 1 heterocycles. The van der Waals surface area contributed by atoms with Gasteiger partial charge >= 0.3 is 0 Å². The zero-order valence-corrected chi connectivity index (χ0v) is 24.3. The lowest BCUT2D eigenvalue weighted by atomic mass is 10.2. The zero-order chi connectivity index (χ0) is 29.2. The van der Waals surface area contributed by atoms with E-state index in [0.717, 1.165) is 4.90 Å². The van der Waals surface area contributed by atoms with E-state index in [4.69, 9.17) is 23.2 Å². The fourth-order valence-electron chi connectivity index (χ4n) is 3.72. The van der Waals surface area contributed by atoms with Crippen molar-refractivity contribution < 1.29 is 14.4 Å². The van der Waals surface area contributed by atoms with Crippen molar-refractivity contribution in [3.8, 4) is 0 Å². The Bertz CT molecular complexity index is 1570. The van der Waals surface area contributed by atoms with Crippen LogP contribution in [-0.4, -0.2) is 28.0 Å². The number of benzene rings is 3. The summed E-state index contributed by atoms with van der Waals surface area (Å²) >= 11 is 13.7. The lowest BCUT2D eigenvalue weighted by molar-refractivity contribution is -0.116. The first-order chi connectivity index (χ1) is 19.8. The molecule has 4 rings (SSSR count). The Morgan fingerprint density at radius 2 is 1.71 bits per heavy atom. The van der Waals surface area contributed by atoms with E-state index < -0.39 is 17.1 Å². The number of hydrogen-bond donors (Lipinski definition) is 3. The number of thioether (sulfide) groups is 1. The third-order valence-electron chi connectivity index (χ3n) is 5.77. The SMILES string of the molecule is CCC(Sc1cccc(NC(=O)/C(=C/c2cccnc2)NC(=O)c2ccccc2)c1)C(=O)Nc1cccc(Cl)c1Cl. The van der Waals surface area contributed by atoms with E-state index in [-0.39, 0.29) is 16.6 Å². The minimum Gasteiger partial charge on any atom is -0.324 e. The van der Waals surface area contributed by atoms with Crippen LogP contribution in [0.5, 0.6) is 0 Å². The van der Waals surface area contributed by atoms with Crippen LogP contribution < -0.4 is 16.0 Å². The fraction of sp³-hybridized carbons (Fsp3) is 0.0968. The lowest BCUT2D eigenvalue weighted by Gasteiger charge is -2.16. The first kappa shape index (κ1) is 29.9. The molecule has 0 bridgehead atoms. The predicted molar refractivity (Wildman–Crippen MR) is 166 cm³/mol. The van der Waals surface area contributed by atoms with Gasteiger partial charge in [-0.3, -0.25) is 19.4 Å². The van der Waals surface area contributed by atoms with Crippen LogP contribution >= 0.6 is 35.0 Å². The Hall–Kier alpha value is -4.11. The zero-order valence-electron chi connectivity index (χ0n) is 21.9. The molecule has 0 aliphatic carbocycles. The van der Waals surface area contributed by atoms with Gasteiger partial charge in [-0.25, -0.2) is 0 Å². The Labute approximate surface area is 252 Å². The summed E-state index contributed by atoms with van der Waals surface area (Å²) < 4.78 is 0. The topological polar surface area (TPSA) is 100 Å². The van der Waals surface area contributed by atoms with Gasteiger partial charge in [0.1, 0.15) is 5.70 Å². The van der Waals surface area contributed by atoms with Gasteiger partial charge in [-0.15, -0.1) is 11.8 Å². The largest absolute Gasteiger partial charge is 0.324 e. The third-order valence-corrected chi connectivity index (χ3v) is 7.94. The molecule has 1 unspecified atom stereocenters. The number of pyridine rings is 1. The summed E-state index contributed by atoms with van der Waals surface area (Å²) in [5, 5.41) is 8.60. The maximum absolute atomic E-state index is 13.3. The van der Waals surface area contributed by atoms with Crippen molar-refractivity contribution >= 4 is 70.1 Å². The summed E-state index contributed by atoms with van der Waals surface area (Å²) in [6.45, 7) is 1.91. The first-order valence-electron chi connectivity index (χ1n) is 12.6. The normalized spacial score (nSPS) is 11.8. The molecule has 3 amide bonds. The smallest absolute Gasteiger partial charge is 0.272 e. The summed E-state index contributed by atoms with van der Waals surface area (Å²) in [7, 11) is 0. The molecule has 1 atom stereocenters. The van der Waals surface area contributed by atoms with Crippen LogP contribution in [0.1, 0.15) is 29.3 Å². The number of amides is 3. The summed E-state index contributed by atoms with van der Waals surface area (Å²) in [5.41, 5.74) is 2.05. The fourth-order valence-corrected chi connectivity index (χ4v) is 5.08. The molecule has 0 fully saturated rings. The van der Waals surface area contributed by atoms with Gasteiger partial charge < -0.3 is 16.0 Å². The molecule has 0 aliphatic rings. The highest BCUT2D eigenvalue weighted by atomic mass is 35.5. The number of nitrogens with zero attached hydrogens (tertiary/aromatic N) is 1. The quantitative estimate of drug-likeness (QED) is 0.130. The van der Waals surface area contributed by atoms with Crippen LogP contribution in [0.3, 0.4) is 0 Å². The minimum absolute atomic E-state index is 0.0501. The third kappa shape index (κ3) is 8.44. The second-order valence-corrected chi connectivity index (χ2v) is 10.8. The van der Waals surface area contributed by atoms with Gasteiger partial charge in [0.15, 0.2) is 0 Å². The Morgan fingerprint density at radius 3 is 2.44 bits per heavy atom. The first-order valence-corrected chi connectivity index (χ1v) is 14.3.